The Morgan fingerprint density at radius 2 is 2.23 bits per heavy atom. The molecule has 2 atom stereocenters. The van der Waals surface area contributed by atoms with Gasteiger partial charge in [-0.25, -0.2) is 4.39 Å². The third-order valence-electron chi connectivity index (χ3n) is 3.00. The Morgan fingerprint density at radius 1 is 1.54 bits per heavy atom. The molecule has 1 aliphatic carbocycles. The van der Waals surface area contributed by atoms with Gasteiger partial charge in [0.15, 0.2) is 0 Å². The van der Waals surface area contributed by atoms with Crippen molar-refractivity contribution in [3.63, 3.8) is 0 Å². The van der Waals surface area contributed by atoms with E-state index < -0.39 is 5.67 Å². The van der Waals surface area contributed by atoms with Crippen LogP contribution in [0.4, 0.5) is 4.39 Å². The van der Waals surface area contributed by atoms with Gasteiger partial charge in [0.05, 0.1) is 0 Å². The first-order valence-electron chi connectivity index (χ1n) is 5.46. The van der Waals surface area contributed by atoms with Crippen LogP contribution in [0.15, 0.2) is 0 Å². The van der Waals surface area contributed by atoms with E-state index in [9.17, 15) is 4.39 Å². The minimum Gasteiger partial charge on any atom is -0.328 e. The summed E-state index contributed by atoms with van der Waals surface area (Å²) in [6, 6.07) is 0.115. The van der Waals surface area contributed by atoms with Gasteiger partial charge >= 0.3 is 0 Å². The minimum absolute atomic E-state index is 0.115. The molecule has 0 radical (unpaired) electrons. The van der Waals surface area contributed by atoms with Crippen LogP contribution in [0.25, 0.3) is 0 Å². The van der Waals surface area contributed by atoms with Crippen LogP contribution in [-0.4, -0.2) is 11.7 Å². The second-order valence-electron chi connectivity index (χ2n) is 4.94. The quantitative estimate of drug-likeness (QED) is 0.719. The highest BCUT2D eigenvalue weighted by Crippen LogP contribution is 2.37. The van der Waals surface area contributed by atoms with Crippen molar-refractivity contribution in [1.82, 2.24) is 0 Å². The van der Waals surface area contributed by atoms with E-state index >= 15 is 0 Å². The van der Waals surface area contributed by atoms with Gasteiger partial charge in [0.1, 0.15) is 5.67 Å². The number of nitrogens with two attached hydrogens (primary N) is 1. The Balaban J connectivity index is 2.20. The summed E-state index contributed by atoms with van der Waals surface area (Å²) in [6.07, 6.45) is 5.02. The molecule has 2 unspecified atom stereocenters. The molecule has 0 aliphatic heterocycles. The monoisotopic (exact) mass is 187 g/mol. The lowest BCUT2D eigenvalue weighted by atomic mass is 9.94. The molecule has 0 heterocycles. The summed E-state index contributed by atoms with van der Waals surface area (Å²) in [5.41, 5.74) is 4.78. The largest absolute Gasteiger partial charge is 0.328 e. The number of alkyl halides is 1. The van der Waals surface area contributed by atoms with Crippen molar-refractivity contribution in [3.05, 3.63) is 0 Å². The van der Waals surface area contributed by atoms with Crippen LogP contribution in [0, 0.1) is 5.92 Å². The van der Waals surface area contributed by atoms with E-state index in [1.165, 1.54) is 0 Å². The van der Waals surface area contributed by atoms with Gasteiger partial charge in [-0.05, 0) is 31.6 Å². The first-order valence-corrected chi connectivity index (χ1v) is 5.46. The van der Waals surface area contributed by atoms with Crippen molar-refractivity contribution >= 4 is 0 Å². The van der Waals surface area contributed by atoms with Crippen LogP contribution in [0.5, 0.6) is 0 Å². The Morgan fingerprint density at radius 3 is 2.69 bits per heavy atom. The topological polar surface area (TPSA) is 26.0 Å². The highest BCUT2D eigenvalue weighted by Gasteiger charge is 2.37. The van der Waals surface area contributed by atoms with Gasteiger partial charge in [-0.15, -0.1) is 0 Å². The van der Waals surface area contributed by atoms with E-state index in [0.717, 1.165) is 25.7 Å². The average Bonchev–Trinajstić information content (AvgIpc) is 2.30. The molecular formula is C11H22FN. The van der Waals surface area contributed by atoms with Gasteiger partial charge in [-0.2, -0.15) is 0 Å². The fourth-order valence-corrected chi connectivity index (χ4v) is 2.17. The van der Waals surface area contributed by atoms with E-state index in [-0.39, 0.29) is 6.04 Å². The fourth-order valence-electron chi connectivity index (χ4n) is 2.17. The summed E-state index contributed by atoms with van der Waals surface area (Å²) < 4.78 is 13.9. The summed E-state index contributed by atoms with van der Waals surface area (Å²) in [5, 5.41) is 0. The number of halogens is 1. The van der Waals surface area contributed by atoms with Crippen LogP contribution in [-0.2, 0) is 0 Å². The zero-order valence-electron chi connectivity index (χ0n) is 8.85. The maximum atomic E-state index is 13.9. The predicted octanol–water partition coefficient (Wildman–Crippen LogP) is 3.03. The van der Waals surface area contributed by atoms with Crippen LogP contribution in [0.3, 0.4) is 0 Å². The molecule has 0 saturated heterocycles. The zero-order valence-corrected chi connectivity index (χ0v) is 8.85. The molecule has 0 aromatic carbocycles. The van der Waals surface area contributed by atoms with Crippen molar-refractivity contribution in [2.45, 2.75) is 64.1 Å². The van der Waals surface area contributed by atoms with E-state index in [2.05, 4.69) is 13.8 Å². The van der Waals surface area contributed by atoms with E-state index in [0.29, 0.717) is 18.8 Å². The van der Waals surface area contributed by atoms with Gasteiger partial charge in [-0.3, -0.25) is 0 Å². The molecular weight excluding hydrogens is 165 g/mol. The fraction of sp³-hybridized carbons (Fsp3) is 1.00. The molecule has 1 rings (SSSR count). The number of hydrogen-bond acceptors (Lipinski definition) is 1. The standard InChI is InChI=1S/C11H22FN/c1-9(2)4-3-6-11(12)7-5-10(13)8-11/h9-10H,3-8,13H2,1-2H3. The molecule has 0 aromatic heterocycles. The summed E-state index contributed by atoms with van der Waals surface area (Å²) in [7, 11) is 0. The van der Waals surface area contributed by atoms with Crippen molar-refractivity contribution in [2.75, 3.05) is 0 Å². The summed E-state index contributed by atoms with van der Waals surface area (Å²) >= 11 is 0. The van der Waals surface area contributed by atoms with Crippen LogP contribution >= 0.6 is 0 Å². The smallest absolute Gasteiger partial charge is 0.112 e. The molecule has 1 aliphatic rings. The molecule has 78 valence electrons. The molecule has 1 saturated carbocycles. The Hall–Kier alpha value is -0.110. The molecule has 2 heteroatoms. The van der Waals surface area contributed by atoms with E-state index in [1.54, 1.807) is 0 Å². The molecule has 1 nitrogen and oxygen atoms in total. The second kappa shape index (κ2) is 4.41. The third-order valence-corrected chi connectivity index (χ3v) is 3.00. The van der Waals surface area contributed by atoms with E-state index in [4.69, 9.17) is 5.73 Å². The first-order chi connectivity index (χ1) is 6.02. The Labute approximate surface area is 80.9 Å². The van der Waals surface area contributed by atoms with Crippen LogP contribution < -0.4 is 5.73 Å². The lowest BCUT2D eigenvalue weighted by Gasteiger charge is -2.19. The number of rotatable bonds is 4. The zero-order chi connectivity index (χ0) is 9.90. The summed E-state index contributed by atoms with van der Waals surface area (Å²) in [6.45, 7) is 4.37. The lowest BCUT2D eigenvalue weighted by Crippen LogP contribution is -2.23. The molecule has 0 amide bonds. The SMILES string of the molecule is CC(C)CCCC1(F)CCC(N)C1. The highest BCUT2D eigenvalue weighted by molar-refractivity contribution is 4.91. The maximum absolute atomic E-state index is 13.9. The van der Waals surface area contributed by atoms with Crippen molar-refractivity contribution in [3.8, 4) is 0 Å². The summed E-state index contributed by atoms with van der Waals surface area (Å²) in [4.78, 5) is 0. The normalized spacial score (nSPS) is 34.4. The van der Waals surface area contributed by atoms with Crippen LogP contribution in [0.1, 0.15) is 52.4 Å². The van der Waals surface area contributed by atoms with Gasteiger partial charge in [0, 0.05) is 6.04 Å². The van der Waals surface area contributed by atoms with Gasteiger partial charge < -0.3 is 5.73 Å². The molecule has 13 heavy (non-hydrogen) atoms. The van der Waals surface area contributed by atoms with Gasteiger partial charge in [0.25, 0.3) is 0 Å². The molecule has 0 bridgehead atoms. The highest BCUT2D eigenvalue weighted by atomic mass is 19.1. The molecule has 1 fully saturated rings. The molecule has 0 spiro atoms. The average molecular weight is 187 g/mol. The molecule has 2 N–H and O–H groups in total. The van der Waals surface area contributed by atoms with E-state index in [1.807, 2.05) is 0 Å². The molecule has 0 aromatic rings. The van der Waals surface area contributed by atoms with Crippen LogP contribution in [0.2, 0.25) is 0 Å². The van der Waals surface area contributed by atoms with Gasteiger partial charge in [0.2, 0.25) is 0 Å². The van der Waals surface area contributed by atoms with Crippen molar-refractivity contribution in [1.29, 1.82) is 0 Å². The second-order valence-corrected chi connectivity index (χ2v) is 4.94. The Kier molecular flexibility index (Phi) is 3.72. The third kappa shape index (κ3) is 3.63. The van der Waals surface area contributed by atoms with Crippen molar-refractivity contribution < 1.29 is 4.39 Å². The Bertz CT molecular complexity index is 158. The first kappa shape index (κ1) is 11.0. The maximum Gasteiger partial charge on any atom is 0.112 e. The minimum atomic E-state index is -0.922. The predicted molar refractivity (Wildman–Crippen MR) is 54.4 cm³/mol. The number of hydrogen-bond donors (Lipinski definition) is 1. The summed E-state index contributed by atoms with van der Waals surface area (Å²) in [5.74, 6) is 0.693. The van der Waals surface area contributed by atoms with Gasteiger partial charge in [-0.1, -0.05) is 26.7 Å². The van der Waals surface area contributed by atoms with Crippen molar-refractivity contribution in [2.24, 2.45) is 11.7 Å². The lowest BCUT2D eigenvalue weighted by molar-refractivity contribution is 0.150.